The molecule has 0 aromatic heterocycles. The Balaban J connectivity index is 1.57. The van der Waals surface area contributed by atoms with Gasteiger partial charge in [-0.1, -0.05) is 71.2 Å². The van der Waals surface area contributed by atoms with E-state index in [2.05, 4.69) is 21.2 Å². The maximum Gasteiger partial charge on any atom is 0.243 e. The lowest BCUT2D eigenvalue weighted by Crippen LogP contribution is -2.52. The van der Waals surface area contributed by atoms with Crippen LogP contribution in [0, 0.1) is 0 Å². The van der Waals surface area contributed by atoms with Crippen LogP contribution >= 0.6 is 15.9 Å². The molecule has 1 fully saturated rings. The van der Waals surface area contributed by atoms with Gasteiger partial charge in [-0.05, 0) is 73.7 Å². The second-order valence-corrected chi connectivity index (χ2v) is 14.0. The Morgan fingerprint density at radius 2 is 1.66 bits per heavy atom. The maximum absolute atomic E-state index is 14.0. The summed E-state index contributed by atoms with van der Waals surface area (Å²) in [5, 5.41) is 3.22. The second-order valence-electron chi connectivity index (χ2n) is 11.2. The van der Waals surface area contributed by atoms with E-state index in [1.807, 2.05) is 61.5 Å². The summed E-state index contributed by atoms with van der Waals surface area (Å²) in [6.45, 7) is 2.78. The summed E-state index contributed by atoms with van der Waals surface area (Å²) in [4.78, 5) is 29.6. The van der Waals surface area contributed by atoms with E-state index in [0.29, 0.717) is 24.5 Å². The molecular weight excluding hydrogens is 642 g/mol. The van der Waals surface area contributed by atoms with Crippen LogP contribution in [0.25, 0.3) is 0 Å². The molecule has 1 N–H and O–H groups in total. The molecule has 0 heterocycles. The minimum atomic E-state index is -3.60. The Kier molecular flexibility index (Phi) is 12.3. The average molecular weight is 685 g/mol. The van der Waals surface area contributed by atoms with Crippen molar-refractivity contribution in [3.05, 3.63) is 94.5 Å². The van der Waals surface area contributed by atoms with Crippen molar-refractivity contribution >= 4 is 43.5 Å². The van der Waals surface area contributed by atoms with Crippen LogP contribution in [0.3, 0.4) is 0 Å². The SMILES string of the molecule is CCOc1ccc(N(CCCC(=O)N(Cc2cccc(Br)c2)[C@H](Cc2ccccc2)C(=O)NC2CCCC2)S(C)(=O)=O)cc1. The Morgan fingerprint density at radius 3 is 2.30 bits per heavy atom. The van der Waals surface area contributed by atoms with Gasteiger partial charge < -0.3 is 15.0 Å². The lowest BCUT2D eigenvalue weighted by Gasteiger charge is -2.33. The largest absolute Gasteiger partial charge is 0.494 e. The summed E-state index contributed by atoms with van der Waals surface area (Å²) in [5.41, 5.74) is 2.36. The van der Waals surface area contributed by atoms with Gasteiger partial charge in [-0.3, -0.25) is 13.9 Å². The van der Waals surface area contributed by atoms with E-state index in [1.54, 1.807) is 29.2 Å². The predicted octanol–water partition coefficient (Wildman–Crippen LogP) is 6.09. The van der Waals surface area contributed by atoms with Crippen molar-refractivity contribution in [3.63, 3.8) is 0 Å². The molecule has 1 atom stereocenters. The number of rotatable bonds is 15. The van der Waals surface area contributed by atoms with Crippen LogP contribution in [0.5, 0.6) is 5.75 Å². The molecule has 3 aromatic carbocycles. The van der Waals surface area contributed by atoms with Crippen molar-refractivity contribution in [1.29, 1.82) is 0 Å². The van der Waals surface area contributed by atoms with E-state index in [-0.39, 0.29) is 43.8 Å². The van der Waals surface area contributed by atoms with E-state index in [1.165, 1.54) is 4.31 Å². The smallest absolute Gasteiger partial charge is 0.243 e. The standard InChI is InChI=1S/C34H42BrN3O5S/c1-3-43-31-20-18-30(19-21-31)38(44(2,41)42)22-10-17-33(39)37(25-27-13-9-14-28(35)23-27)32(24-26-11-5-4-6-12-26)34(40)36-29-15-7-8-16-29/h4-6,9,11-14,18-21,23,29,32H,3,7-8,10,15-17,22,24-25H2,1-2H3,(H,36,40)/t32-/m1/s1. The third-order valence-electron chi connectivity index (χ3n) is 7.80. The van der Waals surface area contributed by atoms with Gasteiger partial charge in [-0.15, -0.1) is 0 Å². The lowest BCUT2D eigenvalue weighted by atomic mass is 10.0. The minimum absolute atomic E-state index is 0.0824. The Labute approximate surface area is 270 Å². The van der Waals surface area contributed by atoms with Crippen LogP contribution in [-0.4, -0.2) is 56.6 Å². The van der Waals surface area contributed by atoms with Gasteiger partial charge in [0, 0.05) is 36.4 Å². The van der Waals surface area contributed by atoms with Crippen LogP contribution in [0.4, 0.5) is 5.69 Å². The number of hydrogen-bond donors (Lipinski definition) is 1. The number of sulfonamides is 1. The van der Waals surface area contributed by atoms with Crippen molar-refractivity contribution < 1.29 is 22.7 Å². The van der Waals surface area contributed by atoms with Crippen molar-refractivity contribution in [2.45, 2.75) is 70.5 Å². The lowest BCUT2D eigenvalue weighted by molar-refractivity contribution is -0.141. The molecule has 0 unspecified atom stereocenters. The summed E-state index contributed by atoms with van der Waals surface area (Å²) in [5.74, 6) is 0.298. The molecule has 4 rings (SSSR count). The first kappa shape index (κ1) is 33.5. The van der Waals surface area contributed by atoms with Crippen molar-refractivity contribution in [1.82, 2.24) is 10.2 Å². The monoisotopic (exact) mass is 683 g/mol. The third kappa shape index (κ3) is 9.82. The van der Waals surface area contributed by atoms with E-state index in [0.717, 1.165) is 47.5 Å². The molecule has 0 saturated heterocycles. The van der Waals surface area contributed by atoms with E-state index in [9.17, 15) is 18.0 Å². The number of hydrogen-bond acceptors (Lipinski definition) is 5. The van der Waals surface area contributed by atoms with Crippen molar-refractivity contribution in [2.24, 2.45) is 0 Å². The van der Waals surface area contributed by atoms with Crippen LogP contribution in [0.15, 0.2) is 83.3 Å². The number of amides is 2. The quantitative estimate of drug-likeness (QED) is 0.209. The molecule has 0 bridgehead atoms. The number of nitrogens with one attached hydrogen (secondary N) is 1. The molecule has 10 heteroatoms. The zero-order chi connectivity index (χ0) is 31.5. The second kappa shape index (κ2) is 16.1. The average Bonchev–Trinajstić information content (AvgIpc) is 3.51. The first-order valence-electron chi connectivity index (χ1n) is 15.2. The first-order chi connectivity index (χ1) is 21.1. The highest BCUT2D eigenvalue weighted by molar-refractivity contribution is 9.10. The fourth-order valence-corrected chi connectivity index (χ4v) is 7.04. The van der Waals surface area contributed by atoms with Crippen molar-refractivity contribution in [2.75, 3.05) is 23.7 Å². The summed E-state index contributed by atoms with van der Waals surface area (Å²) >= 11 is 3.53. The minimum Gasteiger partial charge on any atom is -0.494 e. The van der Waals surface area contributed by atoms with E-state index < -0.39 is 16.1 Å². The molecule has 1 aliphatic carbocycles. The highest BCUT2D eigenvalue weighted by atomic mass is 79.9. The van der Waals surface area contributed by atoms with Gasteiger partial charge in [0.15, 0.2) is 0 Å². The Hall–Kier alpha value is -3.37. The van der Waals surface area contributed by atoms with Crippen LogP contribution in [-0.2, 0) is 32.6 Å². The number of carbonyl (C=O) groups excluding carboxylic acids is 2. The third-order valence-corrected chi connectivity index (χ3v) is 9.49. The van der Waals surface area contributed by atoms with Gasteiger partial charge >= 0.3 is 0 Å². The first-order valence-corrected chi connectivity index (χ1v) is 17.9. The molecule has 2 amide bonds. The molecule has 1 saturated carbocycles. The van der Waals surface area contributed by atoms with Gasteiger partial charge in [0.1, 0.15) is 11.8 Å². The molecule has 44 heavy (non-hydrogen) atoms. The van der Waals surface area contributed by atoms with Crippen LogP contribution < -0.4 is 14.4 Å². The highest BCUT2D eigenvalue weighted by Crippen LogP contribution is 2.24. The Morgan fingerprint density at radius 1 is 0.977 bits per heavy atom. The predicted molar refractivity (Wildman–Crippen MR) is 178 cm³/mol. The molecule has 3 aromatic rings. The fraction of sp³-hybridized carbons (Fsp3) is 0.412. The normalized spacial score (nSPS) is 14.2. The Bertz CT molecular complexity index is 1480. The molecule has 236 valence electrons. The zero-order valence-electron chi connectivity index (χ0n) is 25.5. The molecule has 0 spiro atoms. The summed E-state index contributed by atoms with van der Waals surface area (Å²) < 4.78 is 33.2. The van der Waals surface area contributed by atoms with Crippen molar-refractivity contribution in [3.8, 4) is 5.75 Å². The topological polar surface area (TPSA) is 96.0 Å². The van der Waals surface area contributed by atoms with Gasteiger partial charge in [-0.2, -0.15) is 0 Å². The van der Waals surface area contributed by atoms with Crippen LogP contribution in [0.2, 0.25) is 0 Å². The van der Waals surface area contributed by atoms with E-state index in [4.69, 9.17) is 4.74 Å². The highest BCUT2D eigenvalue weighted by Gasteiger charge is 2.32. The van der Waals surface area contributed by atoms with Gasteiger partial charge in [0.25, 0.3) is 0 Å². The molecule has 0 radical (unpaired) electrons. The molecule has 0 aliphatic heterocycles. The summed E-state index contributed by atoms with van der Waals surface area (Å²) in [7, 11) is -3.60. The maximum atomic E-state index is 14.0. The summed E-state index contributed by atoms with van der Waals surface area (Å²) in [6, 6.07) is 23.7. The van der Waals surface area contributed by atoms with Gasteiger partial charge in [0.05, 0.1) is 18.6 Å². The van der Waals surface area contributed by atoms with Gasteiger partial charge in [-0.25, -0.2) is 8.42 Å². The fourth-order valence-electron chi connectivity index (χ4n) is 5.63. The van der Waals surface area contributed by atoms with E-state index >= 15 is 0 Å². The number of nitrogens with zero attached hydrogens (tertiary/aromatic N) is 2. The number of carbonyl (C=O) groups is 2. The molecule has 8 nitrogen and oxygen atoms in total. The van der Waals surface area contributed by atoms with Gasteiger partial charge in [0.2, 0.25) is 21.8 Å². The number of ether oxygens (including phenoxy) is 1. The molecular formula is C34H42BrN3O5S. The number of anilines is 1. The summed E-state index contributed by atoms with van der Waals surface area (Å²) in [6.07, 6.45) is 5.96. The molecule has 1 aliphatic rings. The number of halogens is 1. The number of benzene rings is 3. The zero-order valence-corrected chi connectivity index (χ0v) is 27.9. The van der Waals surface area contributed by atoms with Crippen LogP contribution in [0.1, 0.15) is 56.6 Å².